The average molecular weight is 246 g/mol. The lowest BCUT2D eigenvalue weighted by molar-refractivity contribution is -0.139. The smallest absolute Gasteiger partial charge is 0.320 e. The maximum absolute atomic E-state index is 11.2. The van der Waals surface area contributed by atoms with E-state index in [1.54, 1.807) is 13.8 Å². The summed E-state index contributed by atoms with van der Waals surface area (Å²) in [5.74, 6) is -0.507. The number of hydrogen-bond acceptors (Lipinski definition) is 6. The van der Waals surface area contributed by atoms with Gasteiger partial charge >= 0.3 is 5.97 Å². The monoisotopic (exact) mass is 246 g/mol. The van der Waals surface area contributed by atoms with Crippen LogP contribution in [-0.2, 0) is 9.53 Å². The van der Waals surface area contributed by atoms with Crippen molar-refractivity contribution in [1.29, 1.82) is 0 Å². The number of aryl methyl sites for hydroxylation is 1. The highest BCUT2D eigenvalue weighted by Crippen LogP contribution is 2.34. The Labute approximate surface area is 97.4 Å². The van der Waals surface area contributed by atoms with Crippen LogP contribution < -0.4 is 0 Å². The normalized spacial score (nSPS) is 14.7. The van der Waals surface area contributed by atoms with Crippen molar-refractivity contribution in [3.8, 4) is 0 Å². The molecule has 90 valence electrons. The van der Waals surface area contributed by atoms with E-state index in [4.69, 9.17) is 14.3 Å². The number of ether oxygens (including phenoxy) is 1. The Morgan fingerprint density at radius 3 is 2.75 bits per heavy atom. The number of aliphatic carboxylic acids is 1. The SMILES string of the molecule is COCCC(C)(Sc1nnc(C)o1)C(=O)O. The second-order valence-electron chi connectivity index (χ2n) is 3.47. The number of hydrogen-bond donors (Lipinski definition) is 1. The minimum Gasteiger partial charge on any atom is -0.480 e. The van der Waals surface area contributed by atoms with Gasteiger partial charge in [-0.3, -0.25) is 4.79 Å². The minimum absolute atomic E-state index is 0.263. The number of aromatic nitrogens is 2. The van der Waals surface area contributed by atoms with Gasteiger partial charge in [0.05, 0.1) is 0 Å². The zero-order chi connectivity index (χ0) is 12.2. The highest BCUT2D eigenvalue weighted by molar-refractivity contribution is 8.01. The first-order chi connectivity index (χ1) is 7.48. The van der Waals surface area contributed by atoms with Gasteiger partial charge in [-0.2, -0.15) is 0 Å². The van der Waals surface area contributed by atoms with Gasteiger partial charge in [0.2, 0.25) is 5.89 Å². The maximum atomic E-state index is 11.2. The third kappa shape index (κ3) is 3.21. The molecule has 0 bridgehead atoms. The molecule has 0 saturated heterocycles. The summed E-state index contributed by atoms with van der Waals surface area (Å²) < 4.78 is 9.01. The summed E-state index contributed by atoms with van der Waals surface area (Å²) in [4.78, 5) is 11.2. The Morgan fingerprint density at radius 1 is 1.62 bits per heavy atom. The number of carboxylic acid groups (broad SMARTS) is 1. The van der Waals surface area contributed by atoms with Crippen molar-refractivity contribution >= 4 is 17.7 Å². The number of nitrogens with zero attached hydrogens (tertiary/aromatic N) is 2. The summed E-state index contributed by atoms with van der Waals surface area (Å²) in [7, 11) is 1.53. The van der Waals surface area contributed by atoms with E-state index >= 15 is 0 Å². The average Bonchev–Trinajstić information content (AvgIpc) is 2.60. The molecule has 0 radical (unpaired) electrons. The Kier molecular flexibility index (Phi) is 4.31. The van der Waals surface area contributed by atoms with Crippen LogP contribution in [0.1, 0.15) is 19.2 Å². The zero-order valence-electron chi connectivity index (χ0n) is 9.39. The molecule has 0 aliphatic carbocycles. The summed E-state index contributed by atoms with van der Waals surface area (Å²) in [5.41, 5.74) is 0. The second kappa shape index (κ2) is 5.31. The molecule has 0 saturated carbocycles. The van der Waals surface area contributed by atoms with Crippen LogP contribution >= 0.6 is 11.8 Å². The third-order valence-corrected chi connectivity index (χ3v) is 3.22. The third-order valence-electron chi connectivity index (χ3n) is 2.06. The predicted octanol–water partition coefficient (Wildman–Crippen LogP) is 1.35. The molecule has 1 aromatic heterocycles. The summed E-state index contributed by atoms with van der Waals surface area (Å²) in [5, 5.41) is 16.8. The van der Waals surface area contributed by atoms with Crippen LogP contribution in [0.2, 0.25) is 0 Å². The Balaban J connectivity index is 2.74. The van der Waals surface area contributed by atoms with Crippen LogP contribution in [-0.4, -0.2) is 39.7 Å². The van der Waals surface area contributed by atoms with Gasteiger partial charge in [0.25, 0.3) is 5.22 Å². The summed E-state index contributed by atoms with van der Waals surface area (Å²) >= 11 is 1.04. The van der Waals surface area contributed by atoms with Crippen molar-refractivity contribution in [3.05, 3.63) is 5.89 Å². The van der Waals surface area contributed by atoms with Gasteiger partial charge in [-0.1, -0.05) is 0 Å². The quantitative estimate of drug-likeness (QED) is 0.758. The van der Waals surface area contributed by atoms with E-state index in [0.717, 1.165) is 11.8 Å². The Morgan fingerprint density at radius 2 is 2.31 bits per heavy atom. The van der Waals surface area contributed by atoms with Gasteiger partial charge in [-0.25, -0.2) is 0 Å². The van der Waals surface area contributed by atoms with Crippen molar-refractivity contribution in [1.82, 2.24) is 10.2 Å². The summed E-state index contributed by atoms with van der Waals surface area (Å²) in [6.45, 7) is 3.63. The predicted molar refractivity (Wildman–Crippen MR) is 57.4 cm³/mol. The molecule has 0 fully saturated rings. The molecule has 1 heterocycles. The molecular formula is C9H14N2O4S. The van der Waals surface area contributed by atoms with E-state index < -0.39 is 10.7 Å². The van der Waals surface area contributed by atoms with E-state index in [9.17, 15) is 4.79 Å². The molecule has 1 unspecified atom stereocenters. The zero-order valence-corrected chi connectivity index (χ0v) is 10.2. The number of thioether (sulfide) groups is 1. The highest BCUT2D eigenvalue weighted by Gasteiger charge is 2.36. The summed E-state index contributed by atoms with van der Waals surface area (Å²) in [6, 6.07) is 0. The number of methoxy groups -OCH3 is 1. The molecule has 1 aromatic rings. The molecule has 1 rings (SSSR count). The number of rotatable bonds is 6. The standard InChI is InChI=1S/C9H14N2O4S/c1-6-10-11-8(15-6)16-9(2,7(12)13)4-5-14-3/h4-5H2,1-3H3,(H,12,13). The van der Waals surface area contributed by atoms with Crippen molar-refractivity contribution in [2.24, 2.45) is 0 Å². The molecule has 1 atom stereocenters. The molecule has 0 aliphatic rings. The fraction of sp³-hybridized carbons (Fsp3) is 0.667. The lowest BCUT2D eigenvalue weighted by atomic mass is 10.1. The first-order valence-electron chi connectivity index (χ1n) is 4.69. The van der Waals surface area contributed by atoms with Crippen LogP contribution in [0.4, 0.5) is 0 Å². The van der Waals surface area contributed by atoms with Gasteiger partial charge in [0.1, 0.15) is 4.75 Å². The van der Waals surface area contributed by atoms with Crippen LogP contribution in [0, 0.1) is 6.92 Å². The molecular weight excluding hydrogens is 232 g/mol. The first kappa shape index (κ1) is 13.0. The number of carbonyl (C=O) groups is 1. The lowest BCUT2D eigenvalue weighted by Gasteiger charge is -2.21. The van der Waals surface area contributed by atoms with Gasteiger partial charge < -0.3 is 14.3 Å². The van der Waals surface area contributed by atoms with Crippen molar-refractivity contribution in [2.75, 3.05) is 13.7 Å². The lowest BCUT2D eigenvalue weighted by Crippen LogP contribution is -2.32. The van der Waals surface area contributed by atoms with Crippen LogP contribution in [0.25, 0.3) is 0 Å². The molecule has 1 N–H and O–H groups in total. The van der Waals surface area contributed by atoms with E-state index in [1.165, 1.54) is 7.11 Å². The van der Waals surface area contributed by atoms with E-state index in [2.05, 4.69) is 10.2 Å². The van der Waals surface area contributed by atoms with Crippen molar-refractivity contribution in [3.63, 3.8) is 0 Å². The largest absolute Gasteiger partial charge is 0.480 e. The van der Waals surface area contributed by atoms with E-state index in [-0.39, 0.29) is 5.22 Å². The van der Waals surface area contributed by atoms with Gasteiger partial charge in [0, 0.05) is 20.6 Å². The minimum atomic E-state index is -1.02. The Hall–Kier alpha value is -1.08. The van der Waals surface area contributed by atoms with Crippen LogP contribution in [0.3, 0.4) is 0 Å². The van der Waals surface area contributed by atoms with Gasteiger partial charge in [-0.15, -0.1) is 10.2 Å². The van der Waals surface area contributed by atoms with Crippen LogP contribution in [0.5, 0.6) is 0 Å². The van der Waals surface area contributed by atoms with Gasteiger partial charge in [-0.05, 0) is 25.1 Å². The topological polar surface area (TPSA) is 85.5 Å². The van der Waals surface area contributed by atoms with E-state index in [0.29, 0.717) is 18.9 Å². The maximum Gasteiger partial charge on any atom is 0.320 e. The number of carboxylic acids is 1. The molecule has 0 aromatic carbocycles. The molecule has 16 heavy (non-hydrogen) atoms. The van der Waals surface area contributed by atoms with Crippen LogP contribution in [0.15, 0.2) is 9.64 Å². The molecule has 6 nitrogen and oxygen atoms in total. The molecule has 0 spiro atoms. The van der Waals surface area contributed by atoms with Crippen molar-refractivity contribution < 1.29 is 19.1 Å². The summed E-state index contributed by atoms with van der Waals surface area (Å²) in [6.07, 6.45) is 0.366. The fourth-order valence-electron chi connectivity index (χ4n) is 1.01. The second-order valence-corrected chi connectivity index (χ2v) is 4.92. The molecule has 7 heteroatoms. The Bertz CT molecular complexity index is 368. The van der Waals surface area contributed by atoms with Gasteiger partial charge in [0.15, 0.2) is 0 Å². The first-order valence-corrected chi connectivity index (χ1v) is 5.51. The molecule has 0 amide bonds. The molecule has 0 aliphatic heterocycles. The highest BCUT2D eigenvalue weighted by atomic mass is 32.2. The van der Waals surface area contributed by atoms with E-state index in [1.807, 2.05) is 0 Å². The van der Waals surface area contributed by atoms with Crippen molar-refractivity contribution in [2.45, 2.75) is 30.2 Å². The fourth-order valence-corrected chi connectivity index (χ4v) is 1.91.